The van der Waals surface area contributed by atoms with Crippen molar-refractivity contribution in [1.29, 1.82) is 0 Å². The summed E-state index contributed by atoms with van der Waals surface area (Å²) in [6, 6.07) is 5.72. The zero-order valence-corrected chi connectivity index (χ0v) is 9.27. The summed E-state index contributed by atoms with van der Waals surface area (Å²) >= 11 is 0. The number of ketones is 1. The molecule has 0 saturated heterocycles. The molecule has 0 unspecified atom stereocenters. The molecule has 0 spiro atoms. The summed E-state index contributed by atoms with van der Waals surface area (Å²) in [6.45, 7) is 1.73. The predicted molar refractivity (Wildman–Crippen MR) is 63.2 cm³/mol. The van der Waals surface area contributed by atoms with Crippen LogP contribution in [0.1, 0.15) is 21.5 Å². The van der Waals surface area contributed by atoms with E-state index in [-0.39, 0.29) is 16.9 Å². The Bertz CT molecular complexity index is 561. The van der Waals surface area contributed by atoms with Gasteiger partial charge in [-0.2, -0.15) is 0 Å². The van der Waals surface area contributed by atoms with Gasteiger partial charge in [0.25, 0.3) is 0 Å². The van der Waals surface area contributed by atoms with Crippen LogP contribution < -0.4 is 5.73 Å². The molecule has 0 saturated carbocycles. The fourth-order valence-electron chi connectivity index (χ4n) is 1.62. The lowest BCUT2D eigenvalue weighted by atomic mass is 10.0. The van der Waals surface area contributed by atoms with Crippen molar-refractivity contribution in [3.8, 4) is 0 Å². The fourth-order valence-corrected chi connectivity index (χ4v) is 1.62. The van der Waals surface area contributed by atoms with Crippen molar-refractivity contribution in [1.82, 2.24) is 4.98 Å². The first-order chi connectivity index (χ1) is 8.08. The molecule has 1 aromatic carbocycles. The van der Waals surface area contributed by atoms with E-state index in [0.29, 0.717) is 11.3 Å². The lowest BCUT2D eigenvalue weighted by molar-refractivity contribution is 0.103. The molecule has 0 radical (unpaired) electrons. The van der Waals surface area contributed by atoms with Gasteiger partial charge in [-0.05, 0) is 36.8 Å². The second-order valence-corrected chi connectivity index (χ2v) is 3.81. The second kappa shape index (κ2) is 4.33. The van der Waals surface area contributed by atoms with Crippen LogP contribution in [-0.4, -0.2) is 10.8 Å². The van der Waals surface area contributed by atoms with Gasteiger partial charge in [0.05, 0.1) is 5.56 Å². The molecule has 0 bridgehead atoms. The Morgan fingerprint density at radius 2 is 2.12 bits per heavy atom. The quantitative estimate of drug-likeness (QED) is 0.805. The van der Waals surface area contributed by atoms with Crippen LogP contribution in [0.15, 0.2) is 36.7 Å². The van der Waals surface area contributed by atoms with Gasteiger partial charge in [0, 0.05) is 23.6 Å². The molecule has 0 fully saturated rings. The van der Waals surface area contributed by atoms with Crippen LogP contribution in [0, 0.1) is 12.7 Å². The van der Waals surface area contributed by atoms with E-state index in [4.69, 9.17) is 5.73 Å². The molecule has 4 heteroatoms. The first-order valence-corrected chi connectivity index (χ1v) is 5.09. The van der Waals surface area contributed by atoms with Crippen LogP contribution in [0.3, 0.4) is 0 Å². The van der Waals surface area contributed by atoms with E-state index >= 15 is 0 Å². The molecular formula is C13H11FN2O. The maximum atomic E-state index is 13.2. The van der Waals surface area contributed by atoms with Crippen LogP contribution >= 0.6 is 0 Å². The number of benzene rings is 1. The molecule has 1 heterocycles. The molecule has 3 nitrogen and oxygen atoms in total. The van der Waals surface area contributed by atoms with Gasteiger partial charge in [0.1, 0.15) is 5.82 Å². The van der Waals surface area contributed by atoms with E-state index in [1.54, 1.807) is 19.1 Å². The van der Waals surface area contributed by atoms with Crippen molar-refractivity contribution in [2.75, 3.05) is 5.73 Å². The number of carbonyl (C=O) groups excluding carboxylic acids is 1. The number of rotatable bonds is 2. The Morgan fingerprint density at radius 1 is 1.35 bits per heavy atom. The zero-order valence-electron chi connectivity index (χ0n) is 9.27. The Morgan fingerprint density at radius 3 is 2.76 bits per heavy atom. The number of pyridine rings is 1. The summed E-state index contributed by atoms with van der Waals surface area (Å²) in [6.07, 6.45) is 2.89. The largest absolute Gasteiger partial charge is 0.398 e. The minimum absolute atomic E-state index is 0.280. The van der Waals surface area contributed by atoms with Gasteiger partial charge >= 0.3 is 0 Å². The highest BCUT2D eigenvalue weighted by Gasteiger charge is 2.13. The SMILES string of the molecule is Cc1cc(F)cc(C(=O)c2cnccc2N)c1. The van der Waals surface area contributed by atoms with Crippen LogP contribution in [-0.2, 0) is 0 Å². The first kappa shape index (κ1) is 11.3. The topological polar surface area (TPSA) is 56.0 Å². The number of hydrogen-bond donors (Lipinski definition) is 1. The van der Waals surface area contributed by atoms with Crippen LogP contribution in [0.2, 0.25) is 0 Å². The molecule has 2 N–H and O–H groups in total. The zero-order chi connectivity index (χ0) is 12.4. The number of aryl methyl sites for hydroxylation is 1. The lowest BCUT2D eigenvalue weighted by Crippen LogP contribution is -2.06. The van der Waals surface area contributed by atoms with Crippen molar-refractivity contribution in [3.05, 3.63) is 59.2 Å². The van der Waals surface area contributed by atoms with Crippen molar-refractivity contribution < 1.29 is 9.18 Å². The molecule has 2 rings (SSSR count). The van der Waals surface area contributed by atoms with Crippen LogP contribution in [0.5, 0.6) is 0 Å². The highest BCUT2D eigenvalue weighted by atomic mass is 19.1. The van der Waals surface area contributed by atoms with Gasteiger partial charge < -0.3 is 5.73 Å². The molecule has 86 valence electrons. The number of hydrogen-bond acceptors (Lipinski definition) is 3. The smallest absolute Gasteiger partial charge is 0.196 e. The van der Waals surface area contributed by atoms with Crippen LogP contribution in [0.4, 0.5) is 10.1 Å². The molecular weight excluding hydrogens is 219 g/mol. The van der Waals surface area contributed by atoms with Crippen molar-refractivity contribution in [2.45, 2.75) is 6.92 Å². The number of nitrogens with two attached hydrogens (primary N) is 1. The standard InChI is InChI=1S/C13H11FN2O/c1-8-4-9(6-10(14)5-8)13(17)11-7-16-3-2-12(11)15/h2-7H,1H3,(H2,15,16). The number of halogens is 1. The van der Waals surface area contributed by atoms with Gasteiger partial charge in [0.2, 0.25) is 0 Å². The molecule has 0 aliphatic heterocycles. The summed E-state index contributed by atoms with van der Waals surface area (Å²) in [4.78, 5) is 15.9. The summed E-state index contributed by atoms with van der Waals surface area (Å²) < 4.78 is 13.2. The first-order valence-electron chi connectivity index (χ1n) is 5.09. The third-order valence-electron chi connectivity index (χ3n) is 2.40. The van der Waals surface area contributed by atoms with Gasteiger partial charge in [-0.1, -0.05) is 0 Å². The maximum Gasteiger partial charge on any atom is 0.196 e. The Hall–Kier alpha value is -2.23. The molecule has 0 atom stereocenters. The number of nitrogen functional groups attached to an aromatic ring is 1. The minimum Gasteiger partial charge on any atom is -0.398 e. The number of aromatic nitrogens is 1. The Labute approximate surface area is 98.1 Å². The fraction of sp³-hybridized carbons (Fsp3) is 0.0769. The average molecular weight is 230 g/mol. The monoisotopic (exact) mass is 230 g/mol. The number of carbonyl (C=O) groups is 1. The van der Waals surface area contributed by atoms with Gasteiger partial charge in [-0.3, -0.25) is 9.78 Å². The third kappa shape index (κ3) is 2.30. The number of anilines is 1. The maximum absolute atomic E-state index is 13.2. The summed E-state index contributed by atoms with van der Waals surface area (Å²) in [5.41, 5.74) is 7.28. The molecule has 2 aromatic rings. The van der Waals surface area contributed by atoms with Crippen molar-refractivity contribution >= 4 is 11.5 Å². The second-order valence-electron chi connectivity index (χ2n) is 3.81. The summed E-state index contributed by atoms with van der Waals surface area (Å²) in [7, 11) is 0. The van der Waals surface area contributed by atoms with E-state index in [1.807, 2.05) is 0 Å². The van der Waals surface area contributed by atoms with E-state index < -0.39 is 5.82 Å². The predicted octanol–water partition coefficient (Wildman–Crippen LogP) is 2.34. The minimum atomic E-state index is -0.434. The molecule has 0 aliphatic rings. The van der Waals surface area contributed by atoms with E-state index in [0.717, 1.165) is 0 Å². The summed E-state index contributed by atoms with van der Waals surface area (Å²) in [5.74, 6) is -0.756. The number of nitrogens with zero attached hydrogens (tertiary/aromatic N) is 1. The normalized spacial score (nSPS) is 10.2. The highest BCUT2D eigenvalue weighted by Crippen LogP contribution is 2.17. The molecule has 0 amide bonds. The summed E-state index contributed by atoms with van der Waals surface area (Å²) in [5, 5.41) is 0. The Kier molecular flexibility index (Phi) is 2.87. The van der Waals surface area contributed by atoms with Crippen molar-refractivity contribution in [3.63, 3.8) is 0 Å². The molecule has 0 aliphatic carbocycles. The van der Waals surface area contributed by atoms with Crippen molar-refractivity contribution in [2.24, 2.45) is 0 Å². The molecule has 17 heavy (non-hydrogen) atoms. The van der Waals surface area contributed by atoms with E-state index in [1.165, 1.54) is 24.5 Å². The lowest BCUT2D eigenvalue weighted by Gasteiger charge is -2.05. The van der Waals surface area contributed by atoms with Gasteiger partial charge in [-0.15, -0.1) is 0 Å². The third-order valence-corrected chi connectivity index (χ3v) is 2.40. The highest BCUT2D eigenvalue weighted by molar-refractivity contribution is 6.11. The average Bonchev–Trinajstić information content (AvgIpc) is 2.27. The molecule has 1 aromatic heterocycles. The van der Waals surface area contributed by atoms with Crippen LogP contribution in [0.25, 0.3) is 0 Å². The van der Waals surface area contributed by atoms with Gasteiger partial charge in [0.15, 0.2) is 5.78 Å². The van der Waals surface area contributed by atoms with Gasteiger partial charge in [-0.25, -0.2) is 4.39 Å². The van der Waals surface area contributed by atoms with E-state index in [9.17, 15) is 9.18 Å². The Balaban J connectivity index is 2.48. The van der Waals surface area contributed by atoms with E-state index in [2.05, 4.69) is 4.98 Å².